The van der Waals surface area contributed by atoms with E-state index in [1.165, 1.54) is 19.2 Å². The summed E-state index contributed by atoms with van der Waals surface area (Å²) in [6.07, 6.45) is 0. The first-order valence-electron chi connectivity index (χ1n) is 7.01. The Morgan fingerprint density at radius 1 is 1.00 bits per heavy atom. The first kappa shape index (κ1) is 18.1. The van der Waals surface area contributed by atoms with Crippen LogP contribution in [0.15, 0.2) is 42.5 Å². The Morgan fingerprint density at radius 2 is 1.64 bits per heavy atom. The number of methoxy groups -OCH3 is 1. The SMILES string of the molecule is COC(=O)c1ccccc1NC(=O)COC(=O)c1cc(F)cc(F)c1. The molecule has 130 valence electrons. The third kappa shape index (κ3) is 4.84. The summed E-state index contributed by atoms with van der Waals surface area (Å²) in [5, 5.41) is 2.39. The lowest BCUT2D eigenvalue weighted by atomic mass is 10.2. The number of ether oxygens (including phenoxy) is 2. The number of benzene rings is 2. The lowest BCUT2D eigenvalue weighted by Gasteiger charge is -2.10. The van der Waals surface area contributed by atoms with Crippen molar-refractivity contribution in [1.82, 2.24) is 0 Å². The number of carbonyl (C=O) groups is 3. The molecule has 0 atom stereocenters. The zero-order valence-corrected chi connectivity index (χ0v) is 13.0. The van der Waals surface area contributed by atoms with Crippen LogP contribution in [0.2, 0.25) is 0 Å². The van der Waals surface area contributed by atoms with Crippen molar-refractivity contribution in [1.29, 1.82) is 0 Å². The van der Waals surface area contributed by atoms with E-state index in [1.807, 2.05) is 0 Å². The molecule has 0 aromatic heterocycles. The Hall–Kier alpha value is -3.29. The monoisotopic (exact) mass is 349 g/mol. The van der Waals surface area contributed by atoms with Gasteiger partial charge in [-0.1, -0.05) is 12.1 Å². The highest BCUT2D eigenvalue weighted by molar-refractivity contribution is 6.02. The maximum absolute atomic E-state index is 13.1. The van der Waals surface area contributed by atoms with Crippen molar-refractivity contribution in [3.05, 3.63) is 65.2 Å². The molecule has 0 radical (unpaired) electrons. The summed E-state index contributed by atoms with van der Waals surface area (Å²) in [5.74, 6) is -4.33. The fourth-order valence-corrected chi connectivity index (χ4v) is 1.95. The van der Waals surface area contributed by atoms with Crippen molar-refractivity contribution in [2.24, 2.45) is 0 Å². The Bertz CT molecular complexity index is 802. The van der Waals surface area contributed by atoms with Crippen molar-refractivity contribution in [2.45, 2.75) is 0 Å². The maximum Gasteiger partial charge on any atom is 0.339 e. The van der Waals surface area contributed by atoms with Crippen LogP contribution in [0.3, 0.4) is 0 Å². The van der Waals surface area contributed by atoms with Gasteiger partial charge in [-0.2, -0.15) is 0 Å². The number of rotatable bonds is 5. The molecule has 0 aliphatic heterocycles. The standard InChI is InChI=1S/C17H13F2NO5/c1-24-17(23)13-4-2-3-5-14(13)20-15(21)9-25-16(22)10-6-11(18)8-12(19)7-10/h2-8H,9H2,1H3,(H,20,21). The van der Waals surface area contributed by atoms with Gasteiger partial charge in [-0.05, 0) is 24.3 Å². The van der Waals surface area contributed by atoms with E-state index in [4.69, 9.17) is 4.74 Å². The molecular formula is C17H13F2NO5. The second-order valence-electron chi connectivity index (χ2n) is 4.82. The van der Waals surface area contributed by atoms with Crippen LogP contribution in [0.25, 0.3) is 0 Å². The maximum atomic E-state index is 13.1. The van der Waals surface area contributed by atoms with Crippen LogP contribution in [0.1, 0.15) is 20.7 Å². The van der Waals surface area contributed by atoms with Gasteiger partial charge in [0.15, 0.2) is 6.61 Å². The van der Waals surface area contributed by atoms with Crippen LogP contribution < -0.4 is 5.32 Å². The normalized spacial score (nSPS) is 10.0. The molecule has 25 heavy (non-hydrogen) atoms. The van der Waals surface area contributed by atoms with Crippen molar-refractivity contribution >= 4 is 23.5 Å². The summed E-state index contributed by atoms with van der Waals surface area (Å²) >= 11 is 0. The Balaban J connectivity index is 1.99. The predicted molar refractivity (Wildman–Crippen MR) is 83.1 cm³/mol. The molecule has 0 fully saturated rings. The fourth-order valence-electron chi connectivity index (χ4n) is 1.95. The molecule has 0 saturated carbocycles. The zero-order chi connectivity index (χ0) is 18.4. The van der Waals surface area contributed by atoms with E-state index in [9.17, 15) is 23.2 Å². The molecule has 2 aromatic carbocycles. The third-order valence-corrected chi connectivity index (χ3v) is 3.04. The number of amides is 1. The highest BCUT2D eigenvalue weighted by Crippen LogP contribution is 2.16. The number of nitrogens with one attached hydrogen (secondary N) is 1. The van der Waals surface area contributed by atoms with Crippen LogP contribution in [-0.2, 0) is 14.3 Å². The number of esters is 2. The number of halogens is 2. The van der Waals surface area contributed by atoms with Crippen LogP contribution in [0.4, 0.5) is 14.5 Å². The van der Waals surface area contributed by atoms with Gasteiger partial charge in [0.2, 0.25) is 0 Å². The summed E-state index contributed by atoms with van der Waals surface area (Å²) in [5.41, 5.74) is -0.0654. The van der Waals surface area contributed by atoms with Gasteiger partial charge in [0.25, 0.3) is 5.91 Å². The summed E-state index contributed by atoms with van der Waals surface area (Å²) in [6, 6.07) is 8.26. The van der Waals surface area contributed by atoms with Gasteiger partial charge in [0.1, 0.15) is 11.6 Å². The van der Waals surface area contributed by atoms with Crippen molar-refractivity contribution in [3.8, 4) is 0 Å². The molecule has 1 amide bonds. The van der Waals surface area contributed by atoms with E-state index in [1.54, 1.807) is 12.1 Å². The molecule has 6 nitrogen and oxygen atoms in total. The molecule has 0 aliphatic carbocycles. The third-order valence-electron chi connectivity index (χ3n) is 3.04. The minimum atomic E-state index is -1.06. The van der Waals surface area contributed by atoms with Crippen LogP contribution in [0.5, 0.6) is 0 Å². The van der Waals surface area contributed by atoms with Crippen LogP contribution >= 0.6 is 0 Å². The lowest BCUT2D eigenvalue weighted by Crippen LogP contribution is -2.22. The number of hydrogen-bond acceptors (Lipinski definition) is 5. The van der Waals surface area contributed by atoms with E-state index in [0.29, 0.717) is 6.07 Å². The Labute approximate surface area is 141 Å². The number of para-hydroxylation sites is 1. The van der Waals surface area contributed by atoms with E-state index >= 15 is 0 Å². The minimum Gasteiger partial charge on any atom is -0.465 e. The van der Waals surface area contributed by atoms with Gasteiger partial charge >= 0.3 is 11.9 Å². The van der Waals surface area contributed by atoms with E-state index in [-0.39, 0.29) is 16.8 Å². The average molecular weight is 349 g/mol. The zero-order valence-electron chi connectivity index (χ0n) is 13.0. The molecular weight excluding hydrogens is 336 g/mol. The molecule has 1 N–H and O–H groups in total. The Morgan fingerprint density at radius 3 is 2.28 bits per heavy atom. The Kier molecular flexibility index (Phi) is 5.78. The van der Waals surface area contributed by atoms with E-state index in [0.717, 1.165) is 12.1 Å². The number of carbonyl (C=O) groups excluding carboxylic acids is 3. The predicted octanol–water partition coefficient (Wildman–Crippen LogP) is 2.55. The van der Waals surface area contributed by atoms with E-state index in [2.05, 4.69) is 10.1 Å². The molecule has 0 aliphatic rings. The largest absolute Gasteiger partial charge is 0.465 e. The van der Waals surface area contributed by atoms with E-state index < -0.39 is 36.1 Å². The molecule has 0 unspecified atom stereocenters. The first-order valence-corrected chi connectivity index (χ1v) is 7.01. The van der Waals surface area contributed by atoms with Crippen LogP contribution in [0, 0.1) is 11.6 Å². The average Bonchev–Trinajstić information content (AvgIpc) is 2.58. The highest BCUT2D eigenvalue weighted by Gasteiger charge is 2.16. The minimum absolute atomic E-state index is 0.122. The molecule has 2 aromatic rings. The lowest BCUT2D eigenvalue weighted by molar-refractivity contribution is -0.119. The highest BCUT2D eigenvalue weighted by atomic mass is 19.1. The molecule has 0 heterocycles. The van der Waals surface area contributed by atoms with Crippen molar-refractivity contribution in [2.75, 3.05) is 19.0 Å². The molecule has 0 spiro atoms. The summed E-state index contributed by atoms with van der Waals surface area (Å²) in [6.45, 7) is -0.702. The fraction of sp³-hybridized carbons (Fsp3) is 0.118. The molecule has 8 heteroatoms. The summed E-state index contributed by atoms with van der Waals surface area (Å²) in [4.78, 5) is 35.2. The van der Waals surface area contributed by atoms with Crippen LogP contribution in [-0.4, -0.2) is 31.6 Å². The van der Waals surface area contributed by atoms with Gasteiger partial charge < -0.3 is 14.8 Å². The topological polar surface area (TPSA) is 81.7 Å². The number of anilines is 1. The summed E-state index contributed by atoms with van der Waals surface area (Å²) < 4.78 is 35.4. The van der Waals surface area contributed by atoms with Crippen molar-refractivity contribution in [3.63, 3.8) is 0 Å². The molecule has 2 rings (SSSR count). The quantitative estimate of drug-likeness (QED) is 0.839. The molecule has 0 saturated heterocycles. The van der Waals surface area contributed by atoms with Gasteiger partial charge in [-0.25, -0.2) is 18.4 Å². The van der Waals surface area contributed by atoms with Gasteiger partial charge in [0.05, 0.1) is 23.9 Å². The smallest absolute Gasteiger partial charge is 0.339 e. The van der Waals surface area contributed by atoms with Gasteiger partial charge in [0, 0.05) is 6.07 Å². The number of hydrogen-bond donors (Lipinski definition) is 1. The van der Waals surface area contributed by atoms with Crippen molar-refractivity contribution < 1.29 is 32.6 Å². The van der Waals surface area contributed by atoms with Gasteiger partial charge in [-0.3, -0.25) is 4.79 Å². The summed E-state index contributed by atoms with van der Waals surface area (Å²) in [7, 11) is 1.20. The second-order valence-corrected chi connectivity index (χ2v) is 4.82. The van der Waals surface area contributed by atoms with Gasteiger partial charge in [-0.15, -0.1) is 0 Å². The molecule has 0 bridgehead atoms. The second kappa shape index (κ2) is 8.00. The first-order chi connectivity index (χ1) is 11.9.